The number of nitrogens with one attached hydrogen (secondary N) is 2. The van der Waals surface area contributed by atoms with Gasteiger partial charge in [-0.3, -0.25) is 19.2 Å². The molecule has 5 rings (SSSR count). The first kappa shape index (κ1) is 35.5. The van der Waals surface area contributed by atoms with E-state index in [0.717, 1.165) is 11.1 Å². The van der Waals surface area contributed by atoms with Crippen molar-refractivity contribution >= 4 is 40.9 Å². The Morgan fingerprint density at radius 1 is 0.959 bits per heavy atom. The fraction of sp³-hybridized carbons (Fsp3) is 0.324. The second-order valence-electron chi connectivity index (χ2n) is 12.7. The van der Waals surface area contributed by atoms with Crippen LogP contribution in [0.4, 0.5) is 5.82 Å². The topological polar surface area (TPSA) is 149 Å². The summed E-state index contributed by atoms with van der Waals surface area (Å²) in [7, 11) is 0. The highest BCUT2D eigenvalue weighted by Gasteiger charge is 2.33. The summed E-state index contributed by atoms with van der Waals surface area (Å²) in [6.45, 7) is 4.08. The number of nitrogens with zero attached hydrogens (tertiary/aromatic N) is 3. The van der Waals surface area contributed by atoms with Crippen molar-refractivity contribution in [2.45, 2.75) is 50.9 Å². The van der Waals surface area contributed by atoms with Crippen LogP contribution in [0.15, 0.2) is 97.5 Å². The molecule has 1 aliphatic rings. The van der Waals surface area contributed by atoms with Gasteiger partial charge in [-0.1, -0.05) is 72.3 Å². The van der Waals surface area contributed by atoms with Crippen molar-refractivity contribution in [2.75, 3.05) is 25.0 Å². The van der Waals surface area contributed by atoms with Crippen LogP contribution in [0.5, 0.6) is 0 Å². The Morgan fingerprint density at radius 2 is 1.59 bits per heavy atom. The molecule has 0 saturated carbocycles. The van der Waals surface area contributed by atoms with Gasteiger partial charge in [0.05, 0.1) is 25.1 Å². The molecule has 4 aromatic rings. The summed E-state index contributed by atoms with van der Waals surface area (Å²) in [6.07, 6.45) is 4.16. The van der Waals surface area contributed by atoms with E-state index in [9.17, 15) is 19.2 Å². The van der Waals surface area contributed by atoms with Crippen molar-refractivity contribution in [3.8, 4) is 0 Å². The maximum absolute atomic E-state index is 14.1. The van der Waals surface area contributed by atoms with Gasteiger partial charge in [0.25, 0.3) is 5.91 Å². The molecule has 3 amide bonds. The number of carbonyl (C=O) groups is 4. The van der Waals surface area contributed by atoms with Gasteiger partial charge < -0.3 is 30.6 Å². The molecule has 2 atom stereocenters. The zero-order valence-electron chi connectivity index (χ0n) is 27.6. The smallest absolute Gasteiger partial charge is 0.250 e. The van der Waals surface area contributed by atoms with Crippen LogP contribution >= 0.6 is 11.6 Å². The van der Waals surface area contributed by atoms with E-state index in [2.05, 4.69) is 15.6 Å². The SMILES string of the molecule is CC(C)(N)C(=O)N[C@H](COCc1ccccc1)C(=O)Nc1cn(C(C(=O)N2CCC(C(=O)c3ccc(Cl)cc3)CC2)c2ccccc2)cn1. The first-order valence-electron chi connectivity index (χ1n) is 16.2. The molecule has 0 spiro atoms. The number of aromatic nitrogens is 2. The standard InChI is InChI=1S/C37H41ClN6O5/c1-37(2,39)36(48)41-30(23-49-22-25-9-5-3-6-10-25)34(46)42-31-21-44(24-40-31)32(26-11-7-4-8-12-26)35(47)43-19-17-28(18-20-43)33(45)27-13-15-29(38)16-14-27/h3-16,21,24,28,30,32H,17-20,22-23,39H2,1-2H3,(H,41,48)(H,42,46)/t30-,32?/m1/s1. The van der Waals surface area contributed by atoms with Crippen molar-refractivity contribution < 1.29 is 23.9 Å². The number of amides is 3. The number of imidazole rings is 1. The predicted molar refractivity (Wildman–Crippen MR) is 187 cm³/mol. The molecule has 12 heteroatoms. The molecule has 1 aliphatic heterocycles. The lowest BCUT2D eigenvalue weighted by molar-refractivity contribution is -0.134. The van der Waals surface area contributed by atoms with Gasteiger partial charge in [-0.25, -0.2) is 4.98 Å². The molecule has 0 bridgehead atoms. The number of hydrogen-bond acceptors (Lipinski definition) is 7. The summed E-state index contributed by atoms with van der Waals surface area (Å²) in [5, 5.41) is 6.00. The monoisotopic (exact) mass is 684 g/mol. The van der Waals surface area contributed by atoms with Crippen molar-refractivity contribution in [2.24, 2.45) is 11.7 Å². The van der Waals surface area contributed by atoms with E-state index in [0.29, 0.717) is 36.5 Å². The van der Waals surface area contributed by atoms with Crippen LogP contribution in [0.2, 0.25) is 5.02 Å². The molecule has 11 nitrogen and oxygen atoms in total. The highest BCUT2D eigenvalue weighted by molar-refractivity contribution is 6.30. The Bertz CT molecular complexity index is 1730. The second-order valence-corrected chi connectivity index (χ2v) is 13.2. The minimum atomic E-state index is -1.22. The minimum Gasteiger partial charge on any atom is -0.374 e. The number of halogens is 1. The van der Waals surface area contributed by atoms with E-state index in [1.165, 1.54) is 6.33 Å². The number of piperidine rings is 1. The summed E-state index contributed by atoms with van der Waals surface area (Å²) in [5.41, 5.74) is 7.03. The molecule has 3 aromatic carbocycles. The van der Waals surface area contributed by atoms with E-state index >= 15 is 0 Å². The van der Waals surface area contributed by atoms with Gasteiger partial charge in [0.2, 0.25) is 11.8 Å². The van der Waals surface area contributed by atoms with Crippen LogP contribution in [0.25, 0.3) is 0 Å². The highest BCUT2D eigenvalue weighted by atomic mass is 35.5. The molecule has 49 heavy (non-hydrogen) atoms. The van der Waals surface area contributed by atoms with Crippen molar-refractivity contribution in [1.29, 1.82) is 0 Å². The molecule has 2 heterocycles. The van der Waals surface area contributed by atoms with Crippen LogP contribution in [-0.2, 0) is 25.7 Å². The molecule has 0 radical (unpaired) electrons. The Kier molecular flexibility index (Phi) is 11.6. The first-order chi connectivity index (χ1) is 23.5. The fourth-order valence-electron chi connectivity index (χ4n) is 5.61. The number of ketones is 1. The van der Waals surface area contributed by atoms with Crippen LogP contribution < -0.4 is 16.4 Å². The number of anilines is 1. The Balaban J connectivity index is 1.27. The lowest BCUT2D eigenvalue weighted by atomic mass is 9.88. The maximum Gasteiger partial charge on any atom is 0.250 e. The van der Waals surface area contributed by atoms with E-state index in [-0.39, 0.29) is 36.6 Å². The van der Waals surface area contributed by atoms with E-state index in [1.807, 2.05) is 60.7 Å². The number of carbonyl (C=O) groups excluding carboxylic acids is 4. The van der Waals surface area contributed by atoms with Gasteiger partial charge >= 0.3 is 0 Å². The van der Waals surface area contributed by atoms with Crippen LogP contribution in [-0.4, -0.2) is 69.2 Å². The van der Waals surface area contributed by atoms with Gasteiger partial charge in [-0.05, 0) is 62.1 Å². The average molecular weight is 685 g/mol. The predicted octanol–water partition coefficient (Wildman–Crippen LogP) is 4.62. The van der Waals surface area contributed by atoms with Crippen LogP contribution in [0.3, 0.4) is 0 Å². The molecule has 1 unspecified atom stereocenters. The van der Waals surface area contributed by atoms with Crippen molar-refractivity contribution in [1.82, 2.24) is 19.8 Å². The lowest BCUT2D eigenvalue weighted by Gasteiger charge is -2.34. The molecule has 1 aromatic heterocycles. The van der Waals surface area contributed by atoms with E-state index < -0.39 is 29.4 Å². The zero-order valence-corrected chi connectivity index (χ0v) is 28.3. The summed E-state index contributed by atoms with van der Waals surface area (Å²) < 4.78 is 7.44. The number of ether oxygens (including phenoxy) is 1. The van der Waals surface area contributed by atoms with Crippen LogP contribution in [0.1, 0.15) is 54.2 Å². The first-order valence-corrected chi connectivity index (χ1v) is 16.6. The average Bonchev–Trinajstić information content (AvgIpc) is 3.56. The Hall–Kier alpha value is -4.84. The van der Waals surface area contributed by atoms with Gasteiger partial charge in [0, 0.05) is 35.8 Å². The Morgan fingerprint density at radius 3 is 2.22 bits per heavy atom. The summed E-state index contributed by atoms with van der Waals surface area (Å²) in [6, 6.07) is 23.8. The lowest BCUT2D eigenvalue weighted by Crippen LogP contribution is -2.56. The maximum atomic E-state index is 14.1. The summed E-state index contributed by atoms with van der Waals surface area (Å²) >= 11 is 5.99. The molecule has 1 fully saturated rings. The number of nitrogens with two attached hydrogens (primary N) is 1. The van der Waals surface area contributed by atoms with E-state index in [1.54, 1.807) is 53.8 Å². The normalized spacial score (nSPS) is 14.9. The third-order valence-electron chi connectivity index (χ3n) is 8.41. The third kappa shape index (κ3) is 9.41. The largest absolute Gasteiger partial charge is 0.374 e. The number of Topliss-reactive ketones (excluding diaryl/α,β-unsaturated/α-hetero) is 1. The zero-order chi connectivity index (χ0) is 35.0. The number of likely N-dealkylation sites (tertiary alicyclic amines) is 1. The molecule has 0 aliphatic carbocycles. The highest BCUT2D eigenvalue weighted by Crippen LogP contribution is 2.28. The van der Waals surface area contributed by atoms with Crippen LogP contribution in [0, 0.1) is 5.92 Å². The van der Waals surface area contributed by atoms with Gasteiger partial charge in [-0.2, -0.15) is 0 Å². The van der Waals surface area contributed by atoms with Gasteiger partial charge in [0.1, 0.15) is 12.1 Å². The molecule has 256 valence electrons. The molecular weight excluding hydrogens is 644 g/mol. The fourth-order valence-corrected chi connectivity index (χ4v) is 5.74. The van der Waals surface area contributed by atoms with Gasteiger partial charge in [0.15, 0.2) is 11.6 Å². The van der Waals surface area contributed by atoms with Gasteiger partial charge in [-0.15, -0.1) is 0 Å². The number of benzene rings is 3. The molecule has 1 saturated heterocycles. The quantitative estimate of drug-likeness (QED) is 0.174. The van der Waals surface area contributed by atoms with Crippen molar-refractivity contribution in [3.63, 3.8) is 0 Å². The summed E-state index contributed by atoms with van der Waals surface area (Å²) in [5.74, 6) is -1.16. The Labute approximate surface area is 290 Å². The second kappa shape index (κ2) is 16.0. The third-order valence-corrected chi connectivity index (χ3v) is 8.66. The number of hydrogen-bond donors (Lipinski definition) is 3. The molecule has 4 N–H and O–H groups in total. The summed E-state index contributed by atoms with van der Waals surface area (Å²) in [4.78, 5) is 59.5. The molecular formula is C37H41ClN6O5. The minimum absolute atomic E-state index is 0.0494. The van der Waals surface area contributed by atoms with E-state index in [4.69, 9.17) is 22.1 Å². The number of rotatable bonds is 13. The van der Waals surface area contributed by atoms with Crippen molar-refractivity contribution in [3.05, 3.63) is 119 Å².